The van der Waals surface area contributed by atoms with Gasteiger partial charge < -0.3 is 15.2 Å². The fourth-order valence-corrected chi connectivity index (χ4v) is 4.74. The minimum Gasteiger partial charge on any atom is -0.346 e. The van der Waals surface area contributed by atoms with Crippen molar-refractivity contribution in [2.75, 3.05) is 17.6 Å². The standard InChI is InChI=1S/C21H25N5O2S2/c1-5-26-20(16-7-6-8-29-16)24-25-21(26)30-12-18(28)22-11-17(27)23-19-14(3)9-13(2)10-15(19)4/h6-10H,5,11-12H2,1-4H3,(H,22,28)(H,23,27). The molecule has 0 aliphatic carbocycles. The van der Waals surface area contributed by atoms with Gasteiger partial charge in [0.2, 0.25) is 11.8 Å². The second-order valence-electron chi connectivity index (χ2n) is 6.92. The zero-order chi connectivity index (χ0) is 21.7. The first kappa shape index (κ1) is 22.0. The van der Waals surface area contributed by atoms with Crippen LogP contribution in [0.25, 0.3) is 10.7 Å². The van der Waals surface area contributed by atoms with Gasteiger partial charge in [0, 0.05) is 12.2 Å². The van der Waals surface area contributed by atoms with Crippen LogP contribution in [-0.2, 0) is 16.1 Å². The van der Waals surface area contributed by atoms with Gasteiger partial charge in [-0.05, 0) is 50.3 Å². The van der Waals surface area contributed by atoms with E-state index in [0.29, 0.717) is 11.7 Å². The summed E-state index contributed by atoms with van der Waals surface area (Å²) in [5.41, 5.74) is 3.95. The molecular formula is C21H25N5O2S2. The van der Waals surface area contributed by atoms with E-state index < -0.39 is 0 Å². The van der Waals surface area contributed by atoms with Crippen LogP contribution in [-0.4, -0.2) is 38.9 Å². The van der Waals surface area contributed by atoms with Crippen molar-refractivity contribution in [1.29, 1.82) is 0 Å². The lowest BCUT2D eigenvalue weighted by atomic mass is 10.1. The highest BCUT2D eigenvalue weighted by molar-refractivity contribution is 7.99. The van der Waals surface area contributed by atoms with Crippen LogP contribution in [0.2, 0.25) is 0 Å². The Morgan fingerprint density at radius 2 is 1.87 bits per heavy atom. The highest BCUT2D eigenvalue weighted by atomic mass is 32.2. The molecule has 3 rings (SSSR count). The Balaban J connectivity index is 1.52. The van der Waals surface area contributed by atoms with Crippen molar-refractivity contribution in [3.05, 3.63) is 46.3 Å². The summed E-state index contributed by atoms with van der Waals surface area (Å²) in [6.45, 7) is 8.59. The average molecular weight is 444 g/mol. The first-order valence-electron chi connectivity index (χ1n) is 9.63. The fourth-order valence-electron chi connectivity index (χ4n) is 3.19. The number of benzene rings is 1. The predicted molar refractivity (Wildman–Crippen MR) is 122 cm³/mol. The molecule has 2 aromatic heterocycles. The summed E-state index contributed by atoms with van der Waals surface area (Å²) in [5, 5.41) is 16.7. The number of amides is 2. The van der Waals surface area contributed by atoms with E-state index in [0.717, 1.165) is 33.1 Å². The number of thiophene rings is 1. The number of hydrogen-bond acceptors (Lipinski definition) is 6. The number of thioether (sulfide) groups is 1. The van der Waals surface area contributed by atoms with Gasteiger partial charge in [-0.15, -0.1) is 21.5 Å². The van der Waals surface area contributed by atoms with Gasteiger partial charge in [-0.3, -0.25) is 9.59 Å². The van der Waals surface area contributed by atoms with Crippen molar-refractivity contribution in [1.82, 2.24) is 20.1 Å². The molecular weight excluding hydrogens is 418 g/mol. The van der Waals surface area contributed by atoms with Gasteiger partial charge in [-0.25, -0.2) is 0 Å². The van der Waals surface area contributed by atoms with E-state index in [1.807, 2.05) is 61.9 Å². The van der Waals surface area contributed by atoms with Crippen molar-refractivity contribution >= 4 is 40.6 Å². The molecule has 158 valence electrons. The van der Waals surface area contributed by atoms with Crippen LogP contribution >= 0.6 is 23.1 Å². The van der Waals surface area contributed by atoms with Gasteiger partial charge in [0.15, 0.2) is 11.0 Å². The summed E-state index contributed by atoms with van der Waals surface area (Å²) in [4.78, 5) is 25.5. The Kier molecular flexibility index (Phi) is 7.28. The number of aromatic nitrogens is 3. The molecule has 0 saturated carbocycles. The van der Waals surface area contributed by atoms with Crippen LogP contribution in [0.4, 0.5) is 5.69 Å². The van der Waals surface area contributed by atoms with E-state index in [1.54, 1.807) is 11.3 Å². The normalized spacial score (nSPS) is 10.8. The second-order valence-corrected chi connectivity index (χ2v) is 8.81. The lowest BCUT2D eigenvalue weighted by Crippen LogP contribution is -2.34. The molecule has 0 radical (unpaired) electrons. The molecule has 0 spiro atoms. The molecule has 30 heavy (non-hydrogen) atoms. The molecule has 0 aliphatic rings. The summed E-state index contributed by atoms with van der Waals surface area (Å²) < 4.78 is 1.99. The predicted octanol–water partition coefficient (Wildman–Crippen LogP) is 3.80. The number of anilines is 1. The van der Waals surface area contributed by atoms with Gasteiger partial charge in [0.05, 0.1) is 17.2 Å². The van der Waals surface area contributed by atoms with Gasteiger partial charge >= 0.3 is 0 Å². The van der Waals surface area contributed by atoms with Crippen LogP contribution < -0.4 is 10.6 Å². The molecule has 9 heteroatoms. The molecule has 0 saturated heterocycles. The maximum absolute atomic E-state index is 12.3. The number of nitrogens with zero attached hydrogens (tertiary/aromatic N) is 3. The van der Waals surface area contributed by atoms with Crippen molar-refractivity contribution in [2.45, 2.75) is 39.4 Å². The number of aryl methyl sites for hydroxylation is 3. The van der Waals surface area contributed by atoms with E-state index in [4.69, 9.17) is 0 Å². The average Bonchev–Trinajstić information content (AvgIpc) is 3.36. The highest BCUT2D eigenvalue weighted by Crippen LogP contribution is 2.27. The topological polar surface area (TPSA) is 88.9 Å². The summed E-state index contributed by atoms with van der Waals surface area (Å²) in [6.07, 6.45) is 0. The Hall–Kier alpha value is -2.65. The summed E-state index contributed by atoms with van der Waals surface area (Å²) in [6, 6.07) is 8.01. The van der Waals surface area contributed by atoms with Gasteiger partial charge in [0.1, 0.15) is 0 Å². The molecule has 0 unspecified atom stereocenters. The van der Waals surface area contributed by atoms with Crippen LogP contribution in [0, 0.1) is 20.8 Å². The maximum Gasteiger partial charge on any atom is 0.243 e. The third kappa shape index (κ3) is 5.28. The minimum absolute atomic E-state index is 0.0763. The van der Waals surface area contributed by atoms with Crippen molar-refractivity contribution in [3.63, 3.8) is 0 Å². The van der Waals surface area contributed by atoms with E-state index in [-0.39, 0.29) is 24.1 Å². The molecule has 2 heterocycles. The SMILES string of the molecule is CCn1c(SCC(=O)NCC(=O)Nc2c(C)cc(C)cc2C)nnc1-c1cccs1. The Labute approximate surface area is 184 Å². The third-order valence-corrected chi connectivity index (χ3v) is 6.33. The van der Waals surface area contributed by atoms with Crippen molar-refractivity contribution < 1.29 is 9.59 Å². The van der Waals surface area contributed by atoms with Crippen LogP contribution in [0.5, 0.6) is 0 Å². The third-order valence-electron chi connectivity index (χ3n) is 4.49. The number of carbonyl (C=O) groups excluding carboxylic acids is 2. The first-order valence-corrected chi connectivity index (χ1v) is 11.5. The van der Waals surface area contributed by atoms with Gasteiger partial charge in [0.25, 0.3) is 0 Å². The quantitative estimate of drug-likeness (QED) is 0.517. The molecule has 0 bridgehead atoms. The van der Waals surface area contributed by atoms with E-state index in [2.05, 4.69) is 20.8 Å². The van der Waals surface area contributed by atoms with Crippen molar-refractivity contribution in [2.24, 2.45) is 0 Å². The molecule has 3 aromatic rings. The number of nitrogens with one attached hydrogen (secondary N) is 2. The van der Waals surface area contributed by atoms with E-state index in [1.165, 1.54) is 11.8 Å². The van der Waals surface area contributed by atoms with Crippen molar-refractivity contribution in [3.8, 4) is 10.7 Å². The van der Waals surface area contributed by atoms with Gasteiger partial charge in [-0.2, -0.15) is 0 Å². The smallest absolute Gasteiger partial charge is 0.243 e. The number of hydrogen-bond donors (Lipinski definition) is 2. The fraction of sp³-hybridized carbons (Fsp3) is 0.333. The van der Waals surface area contributed by atoms with Crippen LogP contribution in [0.15, 0.2) is 34.8 Å². The lowest BCUT2D eigenvalue weighted by Gasteiger charge is -2.13. The molecule has 0 aliphatic heterocycles. The Bertz CT molecular complexity index is 1020. The zero-order valence-electron chi connectivity index (χ0n) is 17.5. The molecule has 1 aromatic carbocycles. The number of carbonyl (C=O) groups is 2. The van der Waals surface area contributed by atoms with Crippen LogP contribution in [0.3, 0.4) is 0 Å². The van der Waals surface area contributed by atoms with Gasteiger partial charge in [-0.1, -0.05) is 35.5 Å². The molecule has 0 atom stereocenters. The summed E-state index contributed by atoms with van der Waals surface area (Å²) in [7, 11) is 0. The molecule has 2 amide bonds. The van der Waals surface area contributed by atoms with E-state index >= 15 is 0 Å². The molecule has 0 fully saturated rings. The second kappa shape index (κ2) is 9.90. The maximum atomic E-state index is 12.3. The Morgan fingerprint density at radius 3 is 2.50 bits per heavy atom. The highest BCUT2D eigenvalue weighted by Gasteiger charge is 2.16. The van der Waals surface area contributed by atoms with Crippen LogP contribution in [0.1, 0.15) is 23.6 Å². The number of rotatable bonds is 8. The monoisotopic (exact) mass is 443 g/mol. The van der Waals surface area contributed by atoms with E-state index in [9.17, 15) is 9.59 Å². The largest absolute Gasteiger partial charge is 0.346 e. The minimum atomic E-state index is -0.250. The lowest BCUT2D eigenvalue weighted by molar-refractivity contribution is -0.122. The summed E-state index contributed by atoms with van der Waals surface area (Å²) >= 11 is 2.91. The molecule has 7 nitrogen and oxygen atoms in total. The Morgan fingerprint density at radius 1 is 1.13 bits per heavy atom. The molecule has 2 N–H and O–H groups in total. The zero-order valence-corrected chi connectivity index (χ0v) is 19.1. The summed E-state index contributed by atoms with van der Waals surface area (Å²) in [5.74, 6) is 0.493. The first-order chi connectivity index (χ1) is 14.4.